The summed E-state index contributed by atoms with van der Waals surface area (Å²) in [5.41, 5.74) is 7.63. The standard InChI is InChI=1S/C17H14ClN6.ClH/c18-14-7-3-2-6-12(14)10-24-11-13-15(19)20-17(21-16(13)22-24)23-8-4-1-5-9-23;/h1-9,11H,10H2,(H2,19,20,21,22);1H/q+1;/p-1. The van der Waals surface area contributed by atoms with Gasteiger partial charge in [-0.3, -0.25) is 4.68 Å². The van der Waals surface area contributed by atoms with Crippen LogP contribution in [0.4, 0.5) is 5.82 Å². The Morgan fingerprint density at radius 2 is 1.80 bits per heavy atom. The van der Waals surface area contributed by atoms with Gasteiger partial charge >= 0.3 is 5.95 Å². The zero-order valence-electron chi connectivity index (χ0n) is 13.0. The zero-order chi connectivity index (χ0) is 16.5. The van der Waals surface area contributed by atoms with Gasteiger partial charge in [-0.05, 0) is 33.7 Å². The van der Waals surface area contributed by atoms with E-state index in [4.69, 9.17) is 17.3 Å². The summed E-state index contributed by atoms with van der Waals surface area (Å²) in [5.74, 6) is 0.889. The lowest BCUT2D eigenvalue weighted by Gasteiger charge is -2.02. The molecule has 6 nitrogen and oxygen atoms in total. The maximum Gasteiger partial charge on any atom is 0.441 e. The van der Waals surface area contributed by atoms with Gasteiger partial charge in [0.15, 0.2) is 0 Å². The largest absolute Gasteiger partial charge is 1.00 e. The molecule has 25 heavy (non-hydrogen) atoms. The van der Waals surface area contributed by atoms with Gasteiger partial charge in [0, 0.05) is 11.2 Å². The highest BCUT2D eigenvalue weighted by Crippen LogP contribution is 2.20. The average Bonchev–Trinajstić information content (AvgIpc) is 3.01. The van der Waals surface area contributed by atoms with E-state index in [1.165, 1.54) is 0 Å². The van der Waals surface area contributed by atoms with Crippen molar-refractivity contribution in [3.63, 3.8) is 0 Å². The molecule has 0 spiro atoms. The highest BCUT2D eigenvalue weighted by atomic mass is 35.5. The van der Waals surface area contributed by atoms with Crippen LogP contribution >= 0.6 is 11.6 Å². The number of pyridine rings is 1. The molecule has 0 amide bonds. The number of rotatable bonds is 3. The van der Waals surface area contributed by atoms with Crippen LogP contribution in [0.3, 0.4) is 0 Å². The first-order valence-electron chi connectivity index (χ1n) is 7.41. The van der Waals surface area contributed by atoms with Gasteiger partial charge in [0.2, 0.25) is 5.82 Å². The second-order valence-corrected chi connectivity index (χ2v) is 5.75. The molecule has 0 aliphatic carbocycles. The lowest BCUT2D eigenvalue weighted by atomic mass is 10.2. The number of fused-ring (bicyclic) bond motifs is 1. The molecule has 0 fully saturated rings. The predicted molar refractivity (Wildman–Crippen MR) is 91.8 cm³/mol. The Balaban J connectivity index is 0.00000182. The van der Waals surface area contributed by atoms with Gasteiger partial charge in [0.1, 0.15) is 5.39 Å². The Morgan fingerprint density at radius 1 is 1.04 bits per heavy atom. The van der Waals surface area contributed by atoms with Gasteiger partial charge in [0.25, 0.3) is 5.65 Å². The van der Waals surface area contributed by atoms with Crippen molar-refractivity contribution in [3.8, 4) is 5.95 Å². The van der Waals surface area contributed by atoms with Gasteiger partial charge in [-0.2, -0.15) is 0 Å². The van der Waals surface area contributed by atoms with Crippen LogP contribution in [0.5, 0.6) is 0 Å². The normalized spacial score (nSPS) is 10.6. The lowest BCUT2D eigenvalue weighted by Crippen LogP contribution is -3.00. The first kappa shape index (κ1) is 17.1. The minimum Gasteiger partial charge on any atom is -1.00 e. The van der Waals surface area contributed by atoms with Gasteiger partial charge in [-0.15, -0.1) is 5.10 Å². The van der Waals surface area contributed by atoms with Crippen LogP contribution < -0.4 is 22.7 Å². The van der Waals surface area contributed by atoms with Crippen LogP contribution in [0.1, 0.15) is 5.56 Å². The summed E-state index contributed by atoms with van der Waals surface area (Å²) in [6, 6.07) is 13.4. The van der Waals surface area contributed by atoms with Crippen molar-refractivity contribution in [1.82, 2.24) is 19.7 Å². The van der Waals surface area contributed by atoms with Crippen molar-refractivity contribution in [2.75, 3.05) is 5.73 Å². The molecule has 0 saturated heterocycles. The average molecular weight is 373 g/mol. The molecule has 0 radical (unpaired) electrons. The number of halogens is 2. The fraction of sp³-hybridized carbons (Fsp3) is 0.0588. The molecule has 4 aromatic rings. The van der Waals surface area contributed by atoms with Crippen LogP contribution in [0, 0.1) is 0 Å². The van der Waals surface area contributed by atoms with E-state index < -0.39 is 0 Å². The third-order valence-electron chi connectivity index (χ3n) is 3.68. The first-order valence-corrected chi connectivity index (χ1v) is 7.79. The number of aromatic nitrogens is 5. The molecular formula is C17H14Cl2N6. The fourth-order valence-corrected chi connectivity index (χ4v) is 2.69. The molecule has 2 N–H and O–H groups in total. The number of nitrogens with two attached hydrogens (primary N) is 1. The minimum absolute atomic E-state index is 0. The van der Waals surface area contributed by atoms with E-state index in [1.807, 2.05) is 61.1 Å². The number of hydrogen-bond acceptors (Lipinski definition) is 4. The smallest absolute Gasteiger partial charge is 0.441 e. The first-order chi connectivity index (χ1) is 11.7. The number of hydrogen-bond donors (Lipinski definition) is 1. The Kier molecular flexibility index (Phi) is 4.83. The third-order valence-corrected chi connectivity index (χ3v) is 4.05. The van der Waals surface area contributed by atoms with Crippen molar-refractivity contribution in [2.45, 2.75) is 6.54 Å². The third kappa shape index (κ3) is 3.40. The molecular weight excluding hydrogens is 359 g/mol. The number of anilines is 1. The lowest BCUT2D eigenvalue weighted by molar-refractivity contribution is -0.603. The molecule has 3 aromatic heterocycles. The molecule has 0 unspecified atom stereocenters. The summed E-state index contributed by atoms with van der Waals surface area (Å²) in [5, 5.41) is 5.94. The predicted octanol–water partition coefficient (Wildman–Crippen LogP) is -0.609. The molecule has 126 valence electrons. The molecule has 0 saturated carbocycles. The molecule has 0 atom stereocenters. The van der Waals surface area contributed by atoms with E-state index in [0.29, 0.717) is 29.0 Å². The summed E-state index contributed by atoms with van der Waals surface area (Å²) < 4.78 is 3.57. The highest BCUT2D eigenvalue weighted by Gasteiger charge is 2.19. The van der Waals surface area contributed by atoms with Crippen LogP contribution in [0.25, 0.3) is 17.0 Å². The van der Waals surface area contributed by atoms with Crippen molar-refractivity contribution in [3.05, 3.63) is 71.6 Å². The second kappa shape index (κ2) is 7.04. The van der Waals surface area contributed by atoms with E-state index in [-0.39, 0.29) is 12.4 Å². The maximum absolute atomic E-state index is 6.21. The van der Waals surface area contributed by atoms with E-state index in [0.717, 1.165) is 10.9 Å². The summed E-state index contributed by atoms with van der Waals surface area (Å²) in [7, 11) is 0. The van der Waals surface area contributed by atoms with Crippen molar-refractivity contribution < 1.29 is 17.0 Å². The Hall–Kier alpha value is -2.70. The number of benzene rings is 1. The summed E-state index contributed by atoms with van der Waals surface area (Å²) in [4.78, 5) is 8.86. The van der Waals surface area contributed by atoms with Crippen molar-refractivity contribution >= 4 is 28.5 Å². The van der Waals surface area contributed by atoms with Crippen molar-refractivity contribution in [2.24, 2.45) is 0 Å². The maximum atomic E-state index is 6.21. The van der Waals surface area contributed by atoms with Gasteiger partial charge in [-0.25, -0.2) is 4.57 Å². The van der Waals surface area contributed by atoms with E-state index in [9.17, 15) is 0 Å². The van der Waals surface area contributed by atoms with E-state index in [2.05, 4.69) is 15.1 Å². The molecule has 3 heterocycles. The van der Waals surface area contributed by atoms with Gasteiger partial charge < -0.3 is 18.1 Å². The van der Waals surface area contributed by atoms with Gasteiger partial charge in [-0.1, -0.05) is 35.9 Å². The zero-order valence-corrected chi connectivity index (χ0v) is 14.6. The molecule has 0 aliphatic heterocycles. The quantitative estimate of drug-likeness (QED) is 0.487. The Labute approximate surface area is 155 Å². The van der Waals surface area contributed by atoms with E-state index >= 15 is 0 Å². The minimum atomic E-state index is 0. The fourth-order valence-electron chi connectivity index (χ4n) is 2.49. The van der Waals surface area contributed by atoms with Crippen LogP contribution in [0.2, 0.25) is 5.02 Å². The Bertz CT molecular complexity index is 1020. The SMILES string of the molecule is Nc1nc(-[n+]2ccccc2)nc2nn(Cc3ccccc3Cl)cc12.[Cl-]. The topological polar surface area (TPSA) is 73.5 Å². The van der Waals surface area contributed by atoms with Gasteiger partial charge in [0.05, 0.1) is 18.9 Å². The summed E-state index contributed by atoms with van der Waals surface area (Å²) in [6.07, 6.45) is 5.57. The van der Waals surface area contributed by atoms with Crippen LogP contribution in [0.15, 0.2) is 61.1 Å². The Morgan fingerprint density at radius 3 is 2.56 bits per heavy atom. The number of nitrogens with zero attached hydrogens (tertiary/aromatic N) is 5. The monoisotopic (exact) mass is 372 g/mol. The van der Waals surface area contributed by atoms with Crippen LogP contribution in [-0.4, -0.2) is 19.7 Å². The van der Waals surface area contributed by atoms with Crippen molar-refractivity contribution in [1.29, 1.82) is 0 Å². The second-order valence-electron chi connectivity index (χ2n) is 5.35. The van der Waals surface area contributed by atoms with E-state index in [1.54, 1.807) is 9.25 Å². The molecule has 0 aliphatic rings. The molecule has 1 aromatic carbocycles. The molecule has 8 heteroatoms. The molecule has 0 bridgehead atoms. The van der Waals surface area contributed by atoms with Crippen LogP contribution in [-0.2, 0) is 6.54 Å². The summed E-state index contributed by atoms with van der Waals surface area (Å²) in [6.45, 7) is 0.545. The number of nitrogen functional groups attached to an aromatic ring is 1. The highest BCUT2D eigenvalue weighted by molar-refractivity contribution is 6.31. The summed E-state index contributed by atoms with van der Waals surface area (Å²) >= 11 is 6.21. The molecule has 4 rings (SSSR count).